The Morgan fingerprint density at radius 1 is 1.07 bits per heavy atom. The van der Waals surface area contributed by atoms with E-state index in [2.05, 4.69) is 42.5 Å². The maximum atomic E-state index is 13.1. The van der Waals surface area contributed by atoms with Crippen molar-refractivity contribution in [2.75, 3.05) is 32.3 Å². The standard InChI is InChI=1S/C35H42N4O6Si/c1-23-34(43-3)28-20-25(39-29-8-6-7-9-31(29)44-22-33(39)41)10-15-30(28)45-35(23)32(16-18-38-21-24(17-19-40)36-37-38)46(4,5)27-13-11-26(42-2)12-14-27/h6-15,20-21,23,32,34-35,40H,16-19,22H2,1-5H3/t23-,32?,34-,35-/m0/s1. The second-order valence-electron chi connectivity index (χ2n) is 12.6. The number of nitrogens with zero attached hydrogens (tertiary/aromatic N) is 4. The molecule has 0 spiro atoms. The first-order valence-electron chi connectivity index (χ1n) is 15.8. The first-order chi connectivity index (χ1) is 22.2. The van der Waals surface area contributed by atoms with Crippen molar-refractivity contribution in [1.82, 2.24) is 15.0 Å². The number of hydrogen-bond acceptors (Lipinski definition) is 8. The highest BCUT2D eigenvalue weighted by Crippen LogP contribution is 2.49. The van der Waals surface area contributed by atoms with Crippen molar-refractivity contribution in [3.63, 3.8) is 0 Å². The average Bonchev–Trinajstić information content (AvgIpc) is 3.52. The lowest BCUT2D eigenvalue weighted by atomic mass is 9.86. The number of hydrogen-bond donors (Lipinski definition) is 1. The van der Waals surface area contributed by atoms with Crippen molar-refractivity contribution in [1.29, 1.82) is 0 Å². The molecule has 4 atom stereocenters. The minimum atomic E-state index is -2.19. The molecule has 1 aromatic heterocycles. The Balaban J connectivity index is 1.35. The summed E-state index contributed by atoms with van der Waals surface area (Å²) >= 11 is 0. The first kappa shape index (κ1) is 31.8. The summed E-state index contributed by atoms with van der Waals surface area (Å²) in [5.41, 5.74) is 3.36. The normalized spacial score (nSPS) is 19.9. The number of fused-ring (bicyclic) bond motifs is 2. The quantitative estimate of drug-likeness (QED) is 0.227. The van der Waals surface area contributed by atoms with Crippen LogP contribution in [0.25, 0.3) is 0 Å². The van der Waals surface area contributed by atoms with Crippen LogP contribution in [0.2, 0.25) is 18.6 Å². The summed E-state index contributed by atoms with van der Waals surface area (Å²) in [7, 11) is 1.24. The second kappa shape index (κ2) is 13.3. The van der Waals surface area contributed by atoms with Gasteiger partial charge in [0.05, 0.1) is 32.7 Å². The summed E-state index contributed by atoms with van der Waals surface area (Å²) < 4.78 is 26.2. The third-order valence-electron chi connectivity index (χ3n) is 9.56. The number of aromatic nitrogens is 3. The summed E-state index contributed by atoms with van der Waals surface area (Å²) in [5, 5.41) is 19.2. The summed E-state index contributed by atoms with van der Waals surface area (Å²) in [4.78, 5) is 14.8. The van der Waals surface area contributed by atoms with Gasteiger partial charge >= 0.3 is 0 Å². The average molecular weight is 643 g/mol. The van der Waals surface area contributed by atoms with Gasteiger partial charge in [-0.25, -0.2) is 0 Å². The molecule has 2 aliphatic heterocycles. The van der Waals surface area contributed by atoms with Gasteiger partial charge in [-0.3, -0.25) is 14.4 Å². The Morgan fingerprint density at radius 2 is 1.85 bits per heavy atom. The van der Waals surface area contributed by atoms with Crippen LogP contribution in [0, 0.1) is 5.92 Å². The first-order valence-corrected chi connectivity index (χ1v) is 18.9. The van der Waals surface area contributed by atoms with Crippen LogP contribution in [-0.4, -0.2) is 67.6 Å². The van der Waals surface area contributed by atoms with Crippen molar-refractivity contribution >= 4 is 30.5 Å². The molecule has 1 N–H and O–H groups in total. The second-order valence-corrected chi connectivity index (χ2v) is 17.4. The molecular weight excluding hydrogens is 600 g/mol. The maximum Gasteiger partial charge on any atom is 0.269 e. The summed E-state index contributed by atoms with van der Waals surface area (Å²) in [6.45, 7) is 7.69. The molecule has 0 fully saturated rings. The van der Waals surface area contributed by atoms with Gasteiger partial charge in [-0.15, -0.1) is 5.10 Å². The zero-order valence-electron chi connectivity index (χ0n) is 27.1. The van der Waals surface area contributed by atoms with Gasteiger partial charge in [-0.05, 0) is 54.4 Å². The fraction of sp³-hybridized carbons (Fsp3) is 0.400. The maximum absolute atomic E-state index is 13.1. The van der Waals surface area contributed by atoms with Crippen molar-refractivity contribution < 1.29 is 28.8 Å². The number of aliphatic hydroxyl groups excluding tert-OH is 1. The number of carbonyl (C=O) groups is 1. The molecule has 242 valence electrons. The van der Waals surface area contributed by atoms with E-state index in [-0.39, 0.29) is 42.8 Å². The topological polar surface area (TPSA) is 108 Å². The van der Waals surface area contributed by atoms with Gasteiger partial charge < -0.3 is 24.1 Å². The van der Waals surface area contributed by atoms with Crippen molar-refractivity contribution in [3.05, 3.63) is 84.2 Å². The van der Waals surface area contributed by atoms with Crippen LogP contribution in [0.3, 0.4) is 0 Å². The Hall–Kier alpha value is -4.19. The molecule has 4 aromatic rings. The lowest BCUT2D eigenvalue weighted by Gasteiger charge is -2.46. The summed E-state index contributed by atoms with van der Waals surface area (Å²) in [5.74, 6) is 2.16. The van der Waals surface area contributed by atoms with Crippen LogP contribution in [0.5, 0.6) is 17.2 Å². The Labute approximate surface area is 270 Å². The highest BCUT2D eigenvalue weighted by Gasteiger charge is 2.47. The molecule has 0 aliphatic carbocycles. The highest BCUT2D eigenvalue weighted by molar-refractivity contribution is 6.91. The lowest BCUT2D eigenvalue weighted by Crippen LogP contribution is -2.54. The number of benzene rings is 3. The molecule has 3 aromatic carbocycles. The summed E-state index contributed by atoms with van der Waals surface area (Å²) in [6.07, 6.45) is 2.84. The predicted octanol–water partition coefficient (Wildman–Crippen LogP) is 5.04. The number of para-hydroxylation sites is 2. The molecule has 6 rings (SSSR count). The third kappa shape index (κ3) is 6.02. The van der Waals surface area contributed by atoms with Gasteiger partial charge in [0.1, 0.15) is 23.4 Å². The largest absolute Gasteiger partial charge is 0.497 e. The molecule has 0 radical (unpaired) electrons. The van der Waals surface area contributed by atoms with Crippen molar-refractivity contribution in [3.8, 4) is 17.2 Å². The molecule has 1 unspecified atom stereocenters. The number of rotatable bonds is 11. The molecule has 11 heteroatoms. The fourth-order valence-electron chi connectivity index (χ4n) is 7.01. The van der Waals surface area contributed by atoms with E-state index in [1.165, 1.54) is 5.19 Å². The molecule has 0 saturated carbocycles. The number of anilines is 2. The smallest absolute Gasteiger partial charge is 0.269 e. The molecule has 0 saturated heterocycles. The van der Waals surface area contributed by atoms with E-state index in [0.29, 0.717) is 18.7 Å². The number of aryl methyl sites for hydroxylation is 1. The van der Waals surface area contributed by atoms with Gasteiger partial charge in [0.2, 0.25) is 0 Å². The highest BCUT2D eigenvalue weighted by atomic mass is 28.3. The number of aliphatic hydroxyl groups is 1. The molecular formula is C35H42N4O6Si. The Kier molecular flexibility index (Phi) is 9.17. The lowest BCUT2D eigenvalue weighted by molar-refractivity contribution is -0.120. The summed E-state index contributed by atoms with van der Waals surface area (Å²) in [6, 6.07) is 22.0. The number of methoxy groups -OCH3 is 2. The van der Waals surface area contributed by atoms with E-state index < -0.39 is 8.07 Å². The molecule has 3 heterocycles. The number of amides is 1. The molecule has 1 amide bonds. The van der Waals surface area contributed by atoms with Crippen LogP contribution in [0.15, 0.2) is 72.9 Å². The molecule has 0 bridgehead atoms. The van der Waals surface area contributed by atoms with E-state index in [0.717, 1.165) is 40.6 Å². The van der Waals surface area contributed by atoms with Crippen molar-refractivity contribution in [2.24, 2.45) is 5.92 Å². The van der Waals surface area contributed by atoms with Crippen molar-refractivity contribution in [2.45, 2.75) is 57.2 Å². The van der Waals surface area contributed by atoms with Gasteiger partial charge in [0.25, 0.3) is 5.91 Å². The Bertz CT molecular complexity index is 1680. The van der Waals surface area contributed by atoms with Gasteiger partial charge in [-0.1, -0.05) is 54.7 Å². The van der Waals surface area contributed by atoms with Gasteiger partial charge in [0.15, 0.2) is 6.61 Å². The van der Waals surface area contributed by atoms with Gasteiger partial charge in [-0.2, -0.15) is 0 Å². The number of carbonyl (C=O) groups excluding carboxylic acids is 1. The van der Waals surface area contributed by atoms with Crippen LogP contribution in [-0.2, 0) is 22.5 Å². The van der Waals surface area contributed by atoms with Crippen LogP contribution in [0.1, 0.15) is 30.7 Å². The van der Waals surface area contributed by atoms with E-state index >= 15 is 0 Å². The van der Waals surface area contributed by atoms with E-state index in [4.69, 9.17) is 18.9 Å². The molecule has 46 heavy (non-hydrogen) atoms. The minimum absolute atomic E-state index is 0.0103. The van der Waals surface area contributed by atoms with Crippen LogP contribution in [0.4, 0.5) is 11.4 Å². The van der Waals surface area contributed by atoms with E-state index in [9.17, 15) is 9.90 Å². The number of ether oxygens (including phenoxy) is 4. The van der Waals surface area contributed by atoms with Gasteiger partial charge in [0, 0.05) is 50.0 Å². The minimum Gasteiger partial charge on any atom is -0.497 e. The van der Waals surface area contributed by atoms with E-state index in [1.807, 2.05) is 65.5 Å². The van der Waals surface area contributed by atoms with E-state index in [1.54, 1.807) is 19.1 Å². The Morgan fingerprint density at radius 3 is 2.59 bits per heavy atom. The van der Waals surface area contributed by atoms with Crippen LogP contribution >= 0.6 is 0 Å². The monoisotopic (exact) mass is 642 g/mol. The fourth-order valence-corrected chi connectivity index (χ4v) is 10.5. The predicted molar refractivity (Wildman–Crippen MR) is 178 cm³/mol. The third-order valence-corrected chi connectivity index (χ3v) is 13.9. The zero-order chi connectivity index (χ0) is 32.4. The SMILES string of the molecule is COc1ccc([Si](C)(C)C(CCn2cc(CCO)nn2)[C@H]2Oc3ccc(N4C(=O)COc5ccccc54)cc3[C@@H](OC)[C@@H]2C)cc1. The zero-order valence-corrected chi connectivity index (χ0v) is 28.1. The molecule has 2 aliphatic rings. The van der Waals surface area contributed by atoms with Crippen LogP contribution < -0.4 is 24.3 Å². The molecule has 10 nitrogen and oxygen atoms in total.